The molecule has 0 aliphatic rings. The molecule has 1 aromatic heterocycles. The van der Waals surface area contributed by atoms with Crippen molar-refractivity contribution < 1.29 is 18.4 Å². The van der Waals surface area contributed by atoms with Gasteiger partial charge in [-0.3, -0.25) is 4.79 Å². The van der Waals surface area contributed by atoms with E-state index in [-0.39, 0.29) is 31.2 Å². The SMILES string of the molecule is O=C(CCc1ccccc1F)OCc1nc(-c2ccc(Cl)cc2)no1. The number of ether oxygens (including phenoxy) is 1. The van der Waals surface area contributed by atoms with Crippen molar-refractivity contribution in [1.29, 1.82) is 0 Å². The van der Waals surface area contributed by atoms with E-state index in [0.29, 0.717) is 16.4 Å². The first-order chi connectivity index (χ1) is 12.1. The molecule has 0 N–H and O–H groups in total. The molecule has 0 fully saturated rings. The number of aromatic nitrogens is 2. The van der Waals surface area contributed by atoms with Gasteiger partial charge in [-0.2, -0.15) is 4.98 Å². The minimum Gasteiger partial charge on any atom is -0.456 e. The fraction of sp³-hybridized carbons (Fsp3) is 0.167. The van der Waals surface area contributed by atoms with Crippen molar-refractivity contribution in [2.45, 2.75) is 19.4 Å². The highest BCUT2D eigenvalue weighted by atomic mass is 35.5. The van der Waals surface area contributed by atoms with Crippen LogP contribution in [0.5, 0.6) is 0 Å². The number of nitrogens with zero attached hydrogens (tertiary/aromatic N) is 2. The Bertz CT molecular complexity index is 865. The highest BCUT2D eigenvalue weighted by molar-refractivity contribution is 6.30. The zero-order chi connectivity index (χ0) is 17.6. The van der Waals surface area contributed by atoms with E-state index >= 15 is 0 Å². The van der Waals surface area contributed by atoms with Gasteiger partial charge >= 0.3 is 5.97 Å². The van der Waals surface area contributed by atoms with Crippen molar-refractivity contribution in [3.63, 3.8) is 0 Å². The molecule has 0 aliphatic carbocycles. The lowest BCUT2D eigenvalue weighted by Crippen LogP contribution is -2.06. The fourth-order valence-corrected chi connectivity index (χ4v) is 2.31. The first-order valence-electron chi connectivity index (χ1n) is 7.59. The molecule has 0 aliphatic heterocycles. The smallest absolute Gasteiger partial charge is 0.306 e. The van der Waals surface area contributed by atoms with Crippen molar-refractivity contribution >= 4 is 17.6 Å². The number of aryl methyl sites for hydroxylation is 1. The van der Waals surface area contributed by atoms with Crippen LogP contribution in [0.15, 0.2) is 53.1 Å². The maximum Gasteiger partial charge on any atom is 0.306 e. The van der Waals surface area contributed by atoms with E-state index in [2.05, 4.69) is 10.1 Å². The Labute approximate surface area is 148 Å². The molecule has 5 nitrogen and oxygen atoms in total. The molecule has 2 aromatic carbocycles. The van der Waals surface area contributed by atoms with Gasteiger partial charge in [0, 0.05) is 17.0 Å². The van der Waals surface area contributed by atoms with E-state index in [1.54, 1.807) is 42.5 Å². The van der Waals surface area contributed by atoms with Crippen LogP contribution in [0, 0.1) is 5.82 Å². The van der Waals surface area contributed by atoms with Crippen LogP contribution in [0.4, 0.5) is 4.39 Å². The molecule has 7 heteroatoms. The van der Waals surface area contributed by atoms with E-state index < -0.39 is 5.97 Å². The largest absolute Gasteiger partial charge is 0.456 e. The normalized spacial score (nSPS) is 10.6. The summed E-state index contributed by atoms with van der Waals surface area (Å²) >= 11 is 5.83. The van der Waals surface area contributed by atoms with Gasteiger partial charge in [0.05, 0.1) is 0 Å². The van der Waals surface area contributed by atoms with Gasteiger partial charge < -0.3 is 9.26 Å². The third-order valence-electron chi connectivity index (χ3n) is 3.48. The Morgan fingerprint density at radius 1 is 1.16 bits per heavy atom. The molecule has 25 heavy (non-hydrogen) atoms. The molecule has 0 saturated heterocycles. The maximum atomic E-state index is 13.5. The second-order valence-corrected chi connectivity index (χ2v) is 5.71. The molecule has 0 amide bonds. The Morgan fingerprint density at radius 2 is 1.92 bits per heavy atom. The third-order valence-corrected chi connectivity index (χ3v) is 3.74. The Balaban J connectivity index is 1.51. The second-order valence-electron chi connectivity index (χ2n) is 5.27. The van der Waals surface area contributed by atoms with Gasteiger partial charge in [0.2, 0.25) is 5.82 Å². The number of carbonyl (C=O) groups excluding carboxylic acids is 1. The quantitative estimate of drug-likeness (QED) is 0.616. The molecule has 0 saturated carbocycles. The van der Waals surface area contributed by atoms with E-state index in [9.17, 15) is 9.18 Å². The van der Waals surface area contributed by atoms with Crippen LogP contribution >= 0.6 is 11.6 Å². The number of benzene rings is 2. The van der Waals surface area contributed by atoms with Gasteiger partial charge in [-0.1, -0.05) is 35.0 Å². The minimum atomic E-state index is -0.463. The van der Waals surface area contributed by atoms with Crippen LogP contribution in [-0.2, 0) is 22.6 Å². The zero-order valence-corrected chi connectivity index (χ0v) is 13.9. The summed E-state index contributed by atoms with van der Waals surface area (Å²) in [5.41, 5.74) is 1.22. The number of rotatable bonds is 6. The van der Waals surface area contributed by atoms with Crippen molar-refractivity contribution in [1.82, 2.24) is 10.1 Å². The van der Waals surface area contributed by atoms with E-state index in [1.807, 2.05) is 0 Å². The molecule has 3 aromatic rings. The lowest BCUT2D eigenvalue weighted by Gasteiger charge is -2.03. The van der Waals surface area contributed by atoms with Gasteiger partial charge in [-0.25, -0.2) is 4.39 Å². The van der Waals surface area contributed by atoms with Crippen LogP contribution in [0.3, 0.4) is 0 Å². The van der Waals surface area contributed by atoms with Crippen molar-refractivity contribution in [2.24, 2.45) is 0 Å². The van der Waals surface area contributed by atoms with Gasteiger partial charge in [-0.15, -0.1) is 0 Å². The Hall–Kier alpha value is -2.73. The van der Waals surface area contributed by atoms with Crippen LogP contribution in [0.1, 0.15) is 17.9 Å². The summed E-state index contributed by atoms with van der Waals surface area (Å²) in [5, 5.41) is 4.44. The van der Waals surface area contributed by atoms with Gasteiger partial charge in [-0.05, 0) is 42.3 Å². The summed E-state index contributed by atoms with van der Waals surface area (Å²) in [7, 11) is 0. The molecule has 0 spiro atoms. The molecule has 0 unspecified atom stereocenters. The lowest BCUT2D eigenvalue weighted by molar-refractivity contribution is -0.145. The van der Waals surface area contributed by atoms with Crippen LogP contribution in [0.2, 0.25) is 5.02 Å². The minimum absolute atomic E-state index is 0.0686. The Kier molecular flexibility index (Phi) is 5.40. The fourth-order valence-electron chi connectivity index (χ4n) is 2.18. The predicted octanol–water partition coefficient (Wildman–Crippen LogP) is 4.21. The van der Waals surface area contributed by atoms with Crippen LogP contribution < -0.4 is 0 Å². The van der Waals surface area contributed by atoms with Gasteiger partial charge in [0.25, 0.3) is 5.89 Å². The average Bonchev–Trinajstić information content (AvgIpc) is 3.09. The molecule has 1 heterocycles. The second kappa shape index (κ2) is 7.90. The summed E-state index contributed by atoms with van der Waals surface area (Å²) in [6.45, 7) is -0.128. The maximum absolute atomic E-state index is 13.5. The first-order valence-corrected chi connectivity index (χ1v) is 7.97. The monoisotopic (exact) mass is 360 g/mol. The molecule has 0 radical (unpaired) electrons. The van der Waals surface area contributed by atoms with Crippen LogP contribution in [-0.4, -0.2) is 16.1 Å². The van der Waals surface area contributed by atoms with Gasteiger partial charge in [0.1, 0.15) is 5.82 Å². The van der Waals surface area contributed by atoms with Crippen molar-refractivity contribution in [3.05, 3.63) is 70.8 Å². The lowest BCUT2D eigenvalue weighted by atomic mass is 10.1. The standard InChI is InChI=1S/C18H14ClFN2O3/c19-14-8-5-13(6-9-14)18-21-16(25-22-18)11-24-17(23)10-7-12-3-1-2-4-15(12)20/h1-6,8-9H,7,10-11H2. The van der Waals surface area contributed by atoms with Crippen molar-refractivity contribution in [3.8, 4) is 11.4 Å². The summed E-state index contributed by atoms with van der Waals surface area (Å²) < 4.78 is 23.6. The Morgan fingerprint density at radius 3 is 2.68 bits per heavy atom. The van der Waals surface area contributed by atoms with Crippen molar-refractivity contribution in [2.75, 3.05) is 0 Å². The highest BCUT2D eigenvalue weighted by Gasteiger charge is 2.12. The zero-order valence-electron chi connectivity index (χ0n) is 13.1. The number of esters is 1. The van der Waals surface area contributed by atoms with Crippen LogP contribution in [0.25, 0.3) is 11.4 Å². The summed E-state index contributed by atoms with van der Waals surface area (Å²) in [6, 6.07) is 13.3. The highest BCUT2D eigenvalue weighted by Crippen LogP contribution is 2.19. The predicted molar refractivity (Wildman–Crippen MR) is 89.3 cm³/mol. The van der Waals surface area contributed by atoms with E-state index in [1.165, 1.54) is 6.07 Å². The number of halogens is 2. The third kappa shape index (κ3) is 4.64. The molecule has 0 bridgehead atoms. The first kappa shape index (κ1) is 17.1. The number of hydrogen-bond acceptors (Lipinski definition) is 5. The molecule has 3 rings (SSSR count). The number of carbonyl (C=O) groups is 1. The summed E-state index contributed by atoms with van der Waals surface area (Å²) in [6.07, 6.45) is 0.338. The average molecular weight is 361 g/mol. The summed E-state index contributed by atoms with van der Waals surface area (Å²) in [4.78, 5) is 15.9. The summed E-state index contributed by atoms with van der Waals surface area (Å²) in [5.74, 6) is -0.229. The molecular formula is C18H14ClFN2O3. The topological polar surface area (TPSA) is 65.2 Å². The molecule has 0 atom stereocenters. The van der Waals surface area contributed by atoms with E-state index in [4.69, 9.17) is 20.9 Å². The molecule has 128 valence electrons. The molecular weight excluding hydrogens is 347 g/mol. The number of hydrogen-bond donors (Lipinski definition) is 0. The van der Waals surface area contributed by atoms with E-state index in [0.717, 1.165) is 5.56 Å². The van der Waals surface area contributed by atoms with Gasteiger partial charge in [0.15, 0.2) is 6.61 Å².